The van der Waals surface area contributed by atoms with Crippen molar-refractivity contribution in [1.29, 1.82) is 0 Å². The smallest absolute Gasteiger partial charge is 0.340 e. The molecule has 0 N–H and O–H groups in total. The standard InChI is InChI=1S/C17H13F2NO2/c1-22-17(21)14-8-12-6-7-20(16(12)9-15(14)19)10-11-2-4-13(18)5-3-11/h2-9H,10H2,1H3. The average molecular weight is 301 g/mol. The summed E-state index contributed by atoms with van der Waals surface area (Å²) in [6.07, 6.45) is 1.80. The van der Waals surface area contributed by atoms with Gasteiger partial charge in [0.15, 0.2) is 0 Å². The Hall–Kier alpha value is -2.69. The molecule has 3 nitrogen and oxygen atoms in total. The van der Waals surface area contributed by atoms with Crippen molar-refractivity contribution in [3.63, 3.8) is 0 Å². The third kappa shape index (κ3) is 2.57. The third-order valence-corrected chi connectivity index (χ3v) is 3.53. The van der Waals surface area contributed by atoms with E-state index in [0.29, 0.717) is 12.1 Å². The predicted octanol–water partition coefficient (Wildman–Crippen LogP) is 3.75. The first-order chi connectivity index (χ1) is 10.6. The molecule has 3 aromatic rings. The molecule has 0 radical (unpaired) electrons. The molecule has 0 aliphatic heterocycles. The minimum absolute atomic E-state index is 0.0884. The van der Waals surface area contributed by atoms with E-state index < -0.39 is 11.8 Å². The van der Waals surface area contributed by atoms with Crippen LogP contribution < -0.4 is 0 Å². The van der Waals surface area contributed by atoms with Crippen molar-refractivity contribution in [3.8, 4) is 0 Å². The first-order valence-electron chi connectivity index (χ1n) is 6.69. The summed E-state index contributed by atoms with van der Waals surface area (Å²) in [5.74, 6) is -1.63. The first-order valence-corrected chi connectivity index (χ1v) is 6.69. The van der Waals surface area contributed by atoms with Gasteiger partial charge < -0.3 is 9.30 Å². The normalized spacial score (nSPS) is 10.9. The van der Waals surface area contributed by atoms with Crippen molar-refractivity contribution in [2.75, 3.05) is 7.11 Å². The van der Waals surface area contributed by atoms with Crippen LogP contribution in [0.25, 0.3) is 10.9 Å². The number of carbonyl (C=O) groups excluding carboxylic acids is 1. The van der Waals surface area contributed by atoms with Crippen LogP contribution in [0.1, 0.15) is 15.9 Å². The molecule has 3 rings (SSSR count). The van der Waals surface area contributed by atoms with E-state index in [4.69, 9.17) is 0 Å². The maximum Gasteiger partial charge on any atom is 0.340 e. The fourth-order valence-electron chi connectivity index (χ4n) is 2.40. The van der Waals surface area contributed by atoms with Crippen LogP contribution in [0.15, 0.2) is 48.7 Å². The number of hydrogen-bond acceptors (Lipinski definition) is 2. The molecule has 5 heteroatoms. The van der Waals surface area contributed by atoms with Gasteiger partial charge in [-0.25, -0.2) is 13.6 Å². The zero-order valence-electron chi connectivity index (χ0n) is 11.8. The summed E-state index contributed by atoms with van der Waals surface area (Å²) < 4.78 is 33.4. The number of rotatable bonds is 3. The van der Waals surface area contributed by atoms with Crippen LogP contribution in [0.2, 0.25) is 0 Å². The van der Waals surface area contributed by atoms with Crippen molar-refractivity contribution in [3.05, 3.63) is 71.4 Å². The Balaban J connectivity index is 2.00. The highest BCUT2D eigenvalue weighted by Crippen LogP contribution is 2.22. The van der Waals surface area contributed by atoms with E-state index in [1.807, 2.05) is 4.57 Å². The lowest BCUT2D eigenvalue weighted by molar-refractivity contribution is 0.0595. The lowest BCUT2D eigenvalue weighted by Crippen LogP contribution is -2.05. The van der Waals surface area contributed by atoms with E-state index in [1.54, 1.807) is 24.4 Å². The minimum Gasteiger partial charge on any atom is -0.465 e. The van der Waals surface area contributed by atoms with Crippen molar-refractivity contribution < 1.29 is 18.3 Å². The summed E-state index contributed by atoms with van der Waals surface area (Å²) in [5.41, 5.74) is 1.47. The van der Waals surface area contributed by atoms with Gasteiger partial charge in [-0.1, -0.05) is 12.1 Å². The van der Waals surface area contributed by atoms with E-state index in [-0.39, 0.29) is 11.4 Å². The Bertz CT molecular complexity index is 838. The summed E-state index contributed by atoms with van der Waals surface area (Å²) in [5, 5.41) is 0.740. The van der Waals surface area contributed by atoms with Gasteiger partial charge in [0, 0.05) is 18.1 Å². The Kier molecular flexibility index (Phi) is 3.63. The molecular weight excluding hydrogens is 288 g/mol. The van der Waals surface area contributed by atoms with Crippen LogP contribution in [-0.4, -0.2) is 17.6 Å². The molecule has 0 bridgehead atoms. The van der Waals surface area contributed by atoms with Gasteiger partial charge in [0.2, 0.25) is 0 Å². The second-order valence-corrected chi connectivity index (χ2v) is 4.95. The largest absolute Gasteiger partial charge is 0.465 e. The number of fused-ring (bicyclic) bond motifs is 1. The molecule has 0 aliphatic rings. The maximum atomic E-state index is 14.0. The van der Waals surface area contributed by atoms with Gasteiger partial charge >= 0.3 is 5.97 Å². The molecule has 0 fully saturated rings. The van der Waals surface area contributed by atoms with Gasteiger partial charge in [0.05, 0.1) is 18.2 Å². The van der Waals surface area contributed by atoms with Crippen molar-refractivity contribution >= 4 is 16.9 Å². The second kappa shape index (κ2) is 5.60. The molecule has 0 aliphatic carbocycles. The lowest BCUT2D eigenvalue weighted by Gasteiger charge is -2.07. The SMILES string of the molecule is COC(=O)c1cc2ccn(Cc3ccc(F)cc3)c2cc1F. The van der Waals surface area contributed by atoms with E-state index in [1.165, 1.54) is 31.4 Å². The third-order valence-electron chi connectivity index (χ3n) is 3.53. The number of esters is 1. The summed E-state index contributed by atoms with van der Waals surface area (Å²) in [6.45, 7) is 0.487. The Morgan fingerprint density at radius 3 is 2.55 bits per heavy atom. The zero-order valence-corrected chi connectivity index (χ0v) is 11.8. The highest BCUT2D eigenvalue weighted by atomic mass is 19.1. The number of methoxy groups -OCH3 is 1. The topological polar surface area (TPSA) is 31.2 Å². The molecular formula is C17H13F2NO2. The highest BCUT2D eigenvalue weighted by Gasteiger charge is 2.15. The van der Waals surface area contributed by atoms with Crippen LogP contribution in [0.4, 0.5) is 8.78 Å². The van der Waals surface area contributed by atoms with E-state index in [2.05, 4.69) is 4.74 Å². The van der Waals surface area contributed by atoms with Gasteiger partial charge in [-0.05, 0) is 35.9 Å². The van der Waals surface area contributed by atoms with Crippen LogP contribution >= 0.6 is 0 Å². The Morgan fingerprint density at radius 1 is 1.14 bits per heavy atom. The number of benzene rings is 2. The molecule has 0 atom stereocenters. The molecule has 2 aromatic carbocycles. The lowest BCUT2D eigenvalue weighted by atomic mass is 10.1. The van der Waals surface area contributed by atoms with Crippen LogP contribution in [0.5, 0.6) is 0 Å². The quantitative estimate of drug-likeness (QED) is 0.690. The monoisotopic (exact) mass is 301 g/mol. The number of aromatic nitrogens is 1. The molecule has 112 valence electrons. The van der Waals surface area contributed by atoms with Gasteiger partial charge in [0.1, 0.15) is 11.6 Å². The fourth-order valence-corrected chi connectivity index (χ4v) is 2.40. The van der Waals surface area contributed by atoms with Gasteiger partial charge in [-0.2, -0.15) is 0 Å². The molecule has 0 unspecified atom stereocenters. The summed E-state index contributed by atoms with van der Waals surface area (Å²) in [7, 11) is 1.21. The molecule has 1 heterocycles. The fraction of sp³-hybridized carbons (Fsp3) is 0.118. The average Bonchev–Trinajstić information content (AvgIpc) is 2.90. The Morgan fingerprint density at radius 2 is 1.86 bits per heavy atom. The zero-order chi connectivity index (χ0) is 15.7. The second-order valence-electron chi connectivity index (χ2n) is 4.95. The maximum absolute atomic E-state index is 14.0. The number of hydrogen-bond donors (Lipinski definition) is 0. The van der Waals surface area contributed by atoms with Gasteiger partial charge in [-0.15, -0.1) is 0 Å². The molecule has 1 aromatic heterocycles. The number of halogens is 2. The first kappa shape index (κ1) is 14.3. The summed E-state index contributed by atoms with van der Waals surface area (Å²) in [4.78, 5) is 11.5. The molecule has 22 heavy (non-hydrogen) atoms. The summed E-state index contributed by atoms with van der Waals surface area (Å²) >= 11 is 0. The number of carbonyl (C=O) groups is 1. The van der Waals surface area contributed by atoms with E-state index in [9.17, 15) is 13.6 Å². The molecule has 0 saturated carbocycles. The molecule has 0 saturated heterocycles. The number of ether oxygens (including phenoxy) is 1. The van der Waals surface area contributed by atoms with Crippen molar-refractivity contribution in [2.24, 2.45) is 0 Å². The number of nitrogens with zero attached hydrogens (tertiary/aromatic N) is 1. The molecule has 0 amide bonds. The summed E-state index contributed by atoms with van der Waals surface area (Å²) in [6, 6.07) is 10.7. The van der Waals surface area contributed by atoms with Gasteiger partial charge in [0.25, 0.3) is 0 Å². The van der Waals surface area contributed by atoms with Crippen LogP contribution in [-0.2, 0) is 11.3 Å². The van der Waals surface area contributed by atoms with E-state index >= 15 is 0 Å². The minimum atomic E-state index is -0.703. The highest BCUT2D eigenvalue weighted by molar-refractivity contribution is 5.95. The molecule has 0 spiro atoms. The Labute approximate surface area is 125 Å². The van der Waals surface area contributed by atoms with Gasteiger partial charge in [-0.3, -0.25) is 0 Å². The van der Waals surface area contributed by atoms with Crippen molar-refractivity contribution in [2.45, 2.75) is 6.54 Å². The van der Waals surface area contributed by atoms with Crippen LogP contribution in [0, 0.1) is 11.6 Å². The van der Waals surface area contributed by atoms with E-state index in [0.717, 1.165) is 10.9 Å². The van der Waals surface area contributed by atoms with Crippen LogP contribution in [0.3, 0.4) is 0 Å². The predicted molar refractivity (Wildman–Crippen MR) is 78.7 cm³/mol. The van der Waals surface area contributed by atoms with Crippen molar-refractivity contribution in [1.82, 2.24) is 4.57 Å².